The molecule has 9 heteroatoms. The van der Waals surface area contributed by atoms with Crippen molar-refractivity contribution in [3.63, 3.8) is 0 Å². The van der Waals surface area contributed by atoms with Crippen molar-refractivity contribution < 1.29 is 23.0 Å². The fourth-order valence-corrected chi connectivity index (χ4v) is 6.70. The summed E-state index contributed by atoms with van der Waals surface area (Å²) in [7, 11) is -2.81. The molecule has 2 aliphatic rings. The molecule has 1 amide bonds. The van der Waals surface area contributed by atoms with Crippen LogP contribution in [0.1, 0.15) is 41.0 Å². The van der Waals surface area contributed by atoms with Gasteiger partial charge in [-0.25, -0.2) is 4.79 Å². The molecule has 2 rings (SSSR count). The Bertz CT molecular complexity index is 643. The van der Waals surface area contributed by atoms with Crippen LogP contribution in [-0.2, 0) is 29.6 Å². The molecule has 2 heterocycles. The fourth-order valence-electron chi connectivity index (χ4n) is 2.53. The normalized spacial score (nSPS) is 24.1. The van der Waals surface area contributed by atoms with E-state index in [4.69, 9.17) is 9.16 Å². The van der Waals surface area contributed by atoms with E-state index in [0.717, 1.165) is 0 Å². The van der Waals surface area contributed by atoms with Gasteiger partial charge in [-0.05, 0) is 13.1 Å². The van der Waals surface area contributed by atoms with Crippen LogP contribution in [0.25, 0.3) is 0 Å². The highest BCUT2D eigenvalue weighted by atomic mass is 32.2. The number of carbonyl (C=O) groups excluding carboxylic acids is 2. The number of hydrogen-bond acceptors (Lipinski definition) is 6. The van der Waals surface area contributed by atoms with Gasteiger partial charge in [0, 0.05) is 18.1 Å². The Morgan fingerprint density at radius 1 is 1.36 bits per heavy atom. The molecular formula is C16H27NO5S2Si. The molecule has 0 spiro atoms. The second-order valence-electron chi connectivity index (χ2n) is 7.56. The monoisotopic (exact) mass is 405 g/mol. The molecule has 0 saturated carbocycles. The molecule has 0 aliphatic carbocycles. The van der Waals surface area contributed by atoms with Gasteiger partial charge in [0.15, 0.2) is 14.7 Å². The minimum atomic E-state index is -1.49. The Morgan fingerprint density at radius 2 is 1.96 bits per heavy atom. The van der Waals surface area contributed by atoms with Crippen LogP contribution in [0.15, 0.2) is 9.93 Å². The average molecular weight is 406 g/mol. The second-order valence-corrected chi connectivity index (χ2v) is 13.0. The zero-order valence-corrected chi connectivity index (χ0v) is 18.7. The van der Waals surface area contributed by atoms with Crippen LogP contribution >= 0.6 is 11.8 Å². The van der Waals surface area contributed by atoms with E-state index in [0.29, 0.717) is 16.4 Å². The van der Waals surface area contributed by atoms with E-state index in [1.54, 1.807) is 13.8 Å². The molecule has 25 heavy (non-hydrogen) atoms. The van der Waals surface area contributed by atoms with Gasteiger partial charge in [0.25, 0.3) is 0 Å². The highest BCUT2D eigenvalue weighted by Crippen LogP contribution is 2.48. The van der Waals surface area contributed by atoms with Crippen molar-refractivity contribution in [3.05, 3.63) is 9.93 Å². The fraction of sp³-hybridized carbons (Fsp3) is 0.750. The summed E-state index contributed by atoms with van der Waals surface area (Å²) in [6, 6.07) is 0. The molecule has 1 fully saturated rings. The Hall–Kier alpha value is -0.643. The third kappa shape index (κ3) is 3.89. The predicted octanol–water partition coefficient (Wildman–Crippen LogP) is 2.53. The SMILES string of the molecule is CCS(=O)C1=C(C(=O)OC(C)(O[SiH](C)C)C(C)(C)C)N2C(=O)C[C@H]2S1. The smallest absolute Gasteiger partial charge is 0.359 e. The van der Waals surface area contributed by atoms with E-state index in [2.05, 4.69) is 0 Å². The van der Waals surface area contributed by atoms with Gasteiger partial charge in [0.05, 0.1) is 22.6 Å². The Labute approximate surface area is 157 Å². The topological polar surface area (TPSA) is 72.9 Å². The van der Waals surface area contributed by atoms with Gasteiger partial charge >= 0.3 is 5.97 Å². The van der Waals surface area contributed by atoms with Crippen molar-refractivity contribution in [2.75, 3.05) is 5.75 Å². The molecule has 0 aromatic rings. The van der Waals surface area contributed by atoms with Crippen molar-refractivity contribution >= 4 is 43.5 Å². The highest BCUT2D eigenvalue weighted by Gasteiger charge is 2.52. The van der Waals surface area contributed by atoms with Gasteiger partial charge in [-0.3, -0.25) is 13.9 Å². The van der Waals surface area contributed by atoms with Gasteiger partial charge in [-0.2, -0.15) is 0 Å². The largest absolute Gasteiger partial charge is 0.429 e. The average Bonchev–Trinajstić information content (AvgIpc) is 2.77. The van der Waals surface area contributed by atoms with E-state index in [1.807, 2.05) is 33.9 Å². The molecule has 6 nitrogen and oxygen atoms in total. The number of fused-ring (bicyclic) bond motifs is 1. The van der Waals surface area contributed by atoms with Crippen LogP contribution < -0.4 is 0 Å². The second kappa shape index (κ2) is 7.17. The number of thioether (sulfide) groups is 1. The third-order valence-electron chi connectivity index (χ3n) is 4.36. The number of rotatable bonds is 6. The minimum Gasteiger partial charge on any atom is -0.429 e. The van der Waals surface area contributed by atoms with E-state index >= 15 is 0 Å². The number of hydrogen-bond donors (Lipinski definition) is 0. The Morgan fingerprint density at radius 3 is 2.40 bits per heavy atom. The maximum Gasteiger partial charge on any atom is 0.359 e. The number of β-lactam (4-membered cyclic amide) rings is 1. The van der Waals surface area contributed by atoms with E-state index in [-0.39, 0.29) is 17.0 Å². The number of ether oxygens (including phenoxy) is 1. The minimum absolute atomic E-state index is 0.135. The molecule has 2 unspecified atom stereocenters. The summed E-state index contributed by atoms with van der Waals surface area (Å²) >= 11 is 1.33. The molecule has 0 N–H and O–H groups in total. The lowest BCUT2D eigenvalue weighted by Crippen LogP contribution is -2.52. The standard InChI is InChI=1S/C16H27NO5S2Si/c1-8-24(20)14-12(17-10(18)9-11(17)23-14)13(19)21-16(5,15(2,3)4)22-25(6)7/h11,25H,8-9H2,1-7H3/t11-,16?,24?/m1/s1. The maximum atomic E-state index is 13.0. The maximum absolute atomic E-state index is 13.0. The summed E-state index contributed by atoms with van der Waals surface area (Å²) in [5.41, 5.74) is -0.315. The molecule has 142 valence electrons. The van der Waals surface area contributed by atoms with Gasteiger partial charge in [0.2, 0.25) is 11.7 Å². The van der Waals surface area contributed by atoms with E-state index < -0.39 is 37.0 Å². The van der Waals surface area contributed by atoms with Crippen LogP contribution in [0.5, 0.6) is 0 Å². The molecule has 2 aliphatic heterocycles. The summed E-state index contributed by atoms with van der Waals surface area (Å²) in [5.74, 6) is -1.50. The lowest BCUT2D eigenvalue weighted by atomic mass is 9.86. The number of carbonyl (C=O) groups is 2. The molecule has 3 atom stereocenters. The van der Waals surface area contributed by atoms with E-state index in [1.165, 1.54) is 16.7 Å². The summed E-state index contributed by atoms with van der Waals surface area (Å²) < 4.78 is 24.6. The third-order valence-corrected chi connectivity index (χ3v) is 8.31. The van der Waals surface area contributed by atoms with Crippen molar-refractivity contribution in [2.45, 2.75) is 65.3 Å². The molecule has 0 radical (unpaired) electrons. The lowest BCUT2D eigenvalue weighted by Gasteiger charge is -2.43. The molecule has 0 bridgehead atoms. The van der Waals surface area contributed by atoms with Gasteiger partial charge < -0.3 is 9.16 Å². The zero-order valence-electron chi connectivity index (χ0n) is 15.9. The van der Waals surface area contributed by atoms with Gasteiger partial charge in [0.1, 0.15) is 4.24 Å². The quantitative estimate of drug-likeness (QED) is 0.293. The predicted molar refractivity (Wildman–Crippen MR) is 102 cm³/mol. The summed E-state index contributed by atoms with van der Waals surface area (Å²) in [4.78, 5) is 26.4. The zero-order chi connectivity index (χ0) is 19.2. The van der Waals surface area contributed by atoms with Crippen LogP contribution in [0, 0.1) is 5.41 Å². The first-order valence-electron chi connectivity index (χ1n) is 8.43. The molecule has 0 aromatic carbocycles. The first kappa shape index (κ1) is 20.7. The summed E-state index contributed by atoms with van der Waals surface area (Å²) in [5, 5.41) is -0.137. The van der Waals surface area contributed by atoms with Crippen LogP contribution in [0.4, 0.5) is 0 Å². The van der Waals surface area contributed by atoms with Crippen LogP contribution in [0.3, 0.4) is 0 Å². The first-order valence-corrected chi connectivity index (χ1v) is 13.4. The Kier molecular flexibility index (Phi) is 5.93. The first-order chi connectivity index (χ1) is 11.4. The Balaban J connectivity index is 2.36. The van der Waals surface area contributed by atoms with Crippen LogP contribution in [0.2, 0.25) is 13.1 Å². The van der Waals surface area contributed by atoms with Crippen LogP contribution in [-0.4, -0.2) is 46.9 Å². The van der Waals surface area contributed by atoms with Gasteiger partial charge in [-0.1, -0.05) is 39.5 Å². The molecule has 0 aromatic heterocycles. The highest BCUT2D eigenvalue weighted by molar-refractivity contribution is 8.17. The van der Waals surface area contributed by atoms with E-state index in [9.17, 15) is 13.8 Å². The van der Waals surface area contributed by atoms with Crippen molar-refractivity contribution in [2.24, 2.45) is 5.41 Å². The van der Waals surface area contributed by atoms with Gasteiger partial charge in [-0.15, -0.1) is 0 Å². The van der Waals surface area contributed by atoms with Crippen molar-refractivity contribution in [1.82, 2.24) is 4.90 Å². The number of amides is 1. The number of esters is 1. The summed E-state index contributed by atoms with van der Waals surface area (Å²) in [6.45, 7) is 13.4. The van der Waals surface area contributed by atoms with Crippen molar-refractivity contribution in [3.8, 4) is 0 Å². The molecule has 1 saturated heterocycles. The summed E-state index contributed by atoms with van der Waals surface area (Å²) in [6.07, 6.45) is 0.359. The molecular weight excluding hydrogens is 378 g/mol. The lowest BCUT2D eigenvalue weighted by molar-refractivity contribution is -0.227. The van der Waals surface area contributed by atoms with Crippen molar-refractivity contribution in [1.29, 1.82) is 0 Å². The number of nitrogens with zero attached hydrogens (tertiary/aromatic N) is 1.